The Labute approximate surface area is 136 Å². The molecule has 0 aliphatic rings. The molecule has 0 aromatic heterocycles. The van der Waals surface area contributed by atoms with Crippen LogP contribution in [0.1, 0.15) is 0 Å². The smallest absolute Gasteiger partial charge is 0.123 e. The molecule has 0 atom stereocenters. The van der Waals surface area contributed by atoms with Crippen molar-refractivity contribution in [2.75, 3.05) is 0 Å². The van der Waals surface area contributed by atoms with Crippen LogP contribution in [-0.4, -0.2) is 0 Å². The van der Waals surface area contributed by atoms with Crippen LogP contribution in [0.5, 0.6) is 0 Å². The van der Waals surface area contributed by atoms with Crippen molar-refractivity contribution in [3.05, 3.63) is 82.0 Å². The van der Waals surface area contributed by atoms with Gasteiger partial charge in [-0.05, 0) is 58.7 Å². The minimum absolute atomic E-state index is 0.234. The molecule has 0 radical (unpaired) electrons. The van der Waals surface area contributed by atoms with Crippen LogP contribution in [0.4, 0.5) is 4.39 Å². The summed E-state index contributed by atoms with van der Waals surface area (Å²) in [6, 6.07) is 20.3. The Balaban J connectivity index is 2.17. The molecule has 3 rings (SSSR count). The molecule has 0 heterocycles. The van der Waals surface area contributed by atoms with E-state index in [9.17, 15) is 4.39 Å². The van der Waals surface area contributed by atoms with Gasteiger partial charge in [-0.2, -0.15) is 0 Å². The van der Waals surface area contributed by atoms with Crippen molar-refractivity contribution < 1.29 is 4.39 Å². The van der Waals surface area contributed by atoms with E-state index in [-0.39, 0.29) is 5.82 Å². The predicted octanol–water partition coefficient (Wildman–Crippen LogP) is 6.58. The molecule has 21 heavy (non-hydrogen) atoms. The number of hydrogen-bond donors (Lipinski definition) is 0. The van der Waals surface area contributed by atoms with Crippen molar-refractivity contribution in [2.45, 2.75) is 0 Å². The third-order valence-electron chi connectivity index (χ3n) is 3.29. The summed E-state index contributed by atoms with van der Waals surface area (Å²) in [6.45, 7) is 0. The van der Waals surface area contributed by atoms with E-state index < -0.39 is 0 Å². The molecule has 0 aliphatic carbocycles. The first-order chi connectivity index (χ1) is 10.1. The summed E-state index contributed by atoms with van der Waals surface area (Å²) in [6.07, 6.45) is 0. The fourth-order valence-corrected chi connectivity index (χ4v) is 2.75. The maximum Gasteiger partial charge on any atom is 0.123 e. The number of benzene rings is 3. The second-order valence-corrected chi connectivity index (χ2v) is 6.06. The standard InChI is InChI=1S/C18H11BrClF/c19-14-5-10-17(12-1-6-15(20)7-2-12)18(11-14)13-3-8-16(21)9-4-13/h1-11H. The van der Waals surface area contributed by atoms with E-state index in [0.717, 1.165) is 26.7 Å². The van der Waals surface area contributed by atoms with Crippen LogP contribution < -0.4 is 0 Å². The summed E-state index contributed by atoms with van der Waals surface area (Å²) in [5.41, 5.74) is 4.18. The van der Waals surface area contributed by atoms with E-state index in [4.69, 9.17) is 11.6 Å². The van der Waals surface area contributed by atoms with Gasteiger partial charge in [-0.3, -0.25) is 0 Å². The first-order valence-electron chi connectivity index (χ1n) is 6.45. The summed E-state index contributed by atoms with van der Waals surface area (Å²) in [5, 5.41) is 0.708. The van der Waals surface area contributed by atoms with Gasteiger partial charge in [0.2, 0.25) is 0 Å². The molecule has 0 nitrogen and oxygen atoms in total. The zero-order valence-electron chi connectivity index (χ0n) is 11.0. The summed E-state index contributed by atoms with van der Waals surface area (Å²) in [7, 11) is 0. The Morgan fingerprint density at radius 3 is 1.95 bits per heavy atom. The summed E-state index contributed by atoms with van der Waals surface area (Å²) in [5.74, 6) is -0.234. The third-order valence-corrected chi connectivity index (χ3v) is 4.04. The zero-order valence-corrected chi connectivity index (χ0v) is 13.3. The van der Waals surface area contributed by atoms with Crippen LogP contribution in [-0.2, 0) is 0 Å². The quantitative estimate of drug-likeness (QED) is 0.484. The Bertz CT molecular complexity index is 764. The van der Waals surface area contributed by atoms with Gasteiger partial charge in [-0.25, -0.2) is 4.39 Å². The molecule has 0 saturated heterocycles. The van der Waals surface area contributed by atoms with Crippen molar-refractivity contribution in [2.24, 2.45) is 0 Å². The first-order valence-corrected chi connectivity index (χ1v) is 7.62. The molecule has 0 amide bonds. The van der Waals surface area contributed by atoms with E-state index in [0.29, 0.717) is 5.02 Å². The van der Waals surface area contributed by atoms with Crippen molar-refractivity contribution in [3.63, 3.8) is 0 Å². The van der Waals surface area contributed by atoms with Gasteiger partial charge < -0.3 is 0 Å². The summed E-state index contributed by atoms with van der Waals surface area (Å²) in [4.78, 5) is 0. The second kappa shape index (κ2) is 6.00. The minimum Gasteiger partial charge on any atom is -0.207 e. The third kappa shape index (κ3) is 3.17. The Morgan fingerprint density at radius 1 is 0.714 bits per heavy atom. The number of rotatable bonds is 2. The normalized spacial score (nSPS) is 10.6. The van der Waals surface area contributed by atoms with Gasteiger partial charge in [0.15, 0.2) is 0 Å². The summed E-state index contributed by atoms with van der Waals surface area (Å²) >= 11 is 9.45. The first kappa shape index (κ1) is 14.3. The molecule has 0 aliphatic heterocycles. The van der Waals surface area contributed by atoms with E-state index in [1.807, 2.05) is 42.5 Å². The van der Waals surface area contributed by atoms with Gasteiger partial charge >= 0.3 is 0 Å². The number of hydrogen-bond acceptors (Lipinski definition) is 0. The SMILES string of the molecule is Fc1ccc(-c2cc(Br)ccc2-c2ccc(Cl)cc2)cc1. The Kier molecular flexibility index (Phi) is 4.09. The Morgan fingerprint density at radius 2 is 1.29 bits per heavy atom. The molecule has 0 bridgehead atoms. The highest BCUT2D eigenvalue weighted by atomic mass is 79.9. The lowest BCUT2D eigenvalue weighted by Crippen LogP contribution is -1.86. The molecule has 0 fully saturated rings. The van der Waals surface area contributed by atoms with Gasteiger partial charge in [0.05, 0.1) is 0 Å². The lowest BCUT2D eigenvalue weighted by molar-refractivity contribution is 0.628. The highest BCUT2D eigenvalue weighted by molar-refractivity contribution is 9.10. The number of halogens is 3. The molecule has 3 heteroatoms. The maximum atomic E-state index is 13.1. The van der Waals surface area contributed by atoms with Gasteiger partial charge in [0, 0.05) is 9.50 Å². The molecule has 0 spiro atoms. The highest BCUT2D eigenvalue weighted by Crippen LogP contribution is 2.34. The van der Waals surface area contributed by atoms with E-state index in [1.54, 1.807) is 12.1 Å². The topological polar surface area (TPSA) is 0 Å². The average Bonchev–Trinajstić information content (AvgIpc) is 2.49. The van der Waals surface area contributed by atoms with Crippen molar-refractivity contribution >= 4 is 27.5 Å². The lowest BCUT2D eigenvalue weighted by Gasteiger charge is -2.11. The second-order valence-electron chi connectivity index (χ2n) is 4.70. The van der Waals surface area contributed by atoms with Crippen LogP contribution in [0.3, 0.4) is 0 Å². The monoisotopic (exact) mass is 360 g/mol. The fourth-order valence-electron chi connectivity index (χ4n) is 2.27. The largest absolute Gasteiger partial charge is 0.207 e. The fraction of sp³-hybridized carbons (Fsp3) is 0. The van der Waals surface area contributed by atoms with E-state index in [2.05, 4.69) is 15.9 Å². The van der Waals surface area contributed by atoms with Gasteiger partial charge in [-0.15, -0.1) is 0 Å². The van der Waals surface area contributed by atoms with Crippen LogP contribution in [0, 0.1) is 5.82 Å². The van der Waals surface area contributed by atoms with Crippen LogP contribution in [0.2, 0.25) is 5.02 Å². The van der Waals surface area contributed by atoms with Gasteiger partial charge in [0.25, 0.3) is 0 Å². The molecule has 0 saturated carbocycles. The molecular formula is C18H11BrClF. The van der Waals surface area contributed by atoms with Gasteiger partial charge in [0.1, 0.15) is 5.82 Å². The molecular weight excluding hydrogens is 351 g/mol. The van der Waals surface area contributed by atoms with Gasteiger partial charge in [-0.1, -0.05) is 57.9 Å². The van der Waals surface area contributed by atoms with Crippen molar-refractivity contribution in [1.29, 1.82) is 0 Å². The van der Waals surface area contributed by atoms with Crippen molar-refractivity contribution in [3.8, 4) is 22.3 Å². The van der Waals surface area contributed by atoms with Crippen molar-refractivity contribution in [1.82, 2.24) is 0 Å². The lowest BCUT2D eigenvalue weighted by atomic mass is 9.95. The molecule has 0 N–H and O–H groups in total. The molecule has 3 aromatic carbocycles. The maximum absolute atomic E-state index is 13.1. The Hall–Kier alpha value is -1.64. The molecule has 104 valence electrons. The highest BCUT2D eigenvalue weighted by Gasteiger charge is 2.08. The molecule has 3 aromatic rings. The van der Waals surface area contributed by atoms with E-state index in [1.165, 1.54) is 12.1 Å². The predicted molar refractivity (Wildman–Crippen MR) is 90.0 cm³/mol. The minimum atomic E-state index is -0.234. The van der Waals surface area contributed by atoms with E-state index >= 15 is 0 Å². The average molecular weight is 362 g/mol. The summed E-state index contributed by atoms with van der Waals surface area (Å²) < 4.78 is 14.1. The van der Waals surface area contributed by atoms with Crippen LogP contribution in [0.25, 0.3) is 22.3 Å². The zero-order chi connectivity index (χ0) is 14.8. The molecule has 0 unspecified atom stereocenters. The van der Waals surface area contributed by atoms with Crippen LogP contribution in [0.15, 0.2) is 71.2 Å². The van der Waals surface area contributed by atoms with Crippen LogP contribution >= 0.6 is 27.5 Å².